The van der Waals surface area contributed by atoms with Gasteiger partial charge in [-0.3, -0.25) is 4.79 Å². The van der Waals surface area contributed by atoms with Crippen molar-refractivity contribution in [3.8, 4) is 0 Å². The number of benzene rings is 1. The second-order valence-electron chi connectivity index (χ2n) is 4.19. The number of likely N-dealkylation sites (N-methyl/N-ethyl adjacent to an activating group) is 1. The largest absolute Gasteiger partial charge is 0.337 e. The fraction of sp³-hybridized carbons (Fsp3) is 0.417. The summed E-state index contributed by atoms with van der Waals surface area (Å²) in [6.07, 6.45) is 1.00. The van der Waals surface area contributed by atoms with E-state index in [-0.39, 0.29) is 11.9 Å². The van der Waals surface area contributed by atoms with Crippen LogP contribution in [-0.4, -0.2) is 37.0 Å². The summed E-state index contributed by atoms with van der Waals surface area (Å²) in [6.45, 7) is 1.83. The lowest BCUT2D eigenvalue weighted by atomic mass is 10.1. The van der Waals surface area contributed by atoms with E-state index in [2.05, 4.69) is 21.2 Å². The maximum Gasteiger partial charge on any atom is 0.255 e. The lowest BCUT2D eigenvalue weighted by molar-refractivity contribution is 0.0743. The van der Waals surface area contributed by atoms with Crippen molar-refractivity contribution in [3.63, 3.8) is 0 Å². The Morgan fingerprint density at radius 3 is 3.00 bits per heavy atom. The van der Waals surface area contributed by atoms with Gasteiger partial charge in [-0.25, -0.2) is 0 Å². The quantitative estimate of drug-likeness (QED) is 0.909. The smallest absolute Gasteiger partial charge is 0.255 e. The SMILES string of the molecule is CN(C(=O)c1cc(Cl)ccc1Br)C1CCNC1. The van der Waals surface area contributed by atoms with E-state index in [1.165, 1.54) is 0 Å². The molecule has 1 aromatic carbocycles. The molecule has 1 aliphatic rings. The molecule has 92 valence electrons. The van der Waals surface area contributed by atoms with Crippen LogP contribution in [0.2, 0.25) is 5.02 Å². The predicted octanol–water partition coefficient (Wildman–Crippen LogP) is 2.54. The monoisotopic (exact) mass is 316 g/mol. The minimum Gasteiger partial charge on any atom is -0.337 e. The number of carbonyl (C=O) groups excluding carboxylic acids is 1. The Balaban J connectivity index is 2.20. The summed E-state index contributed by atoms with van der Waals surface area (Å²) in [4.78, 5) is 14.1. The first-order valence-corrected chi connectivity index (χ1v) is 6.69. The minimum absolute atomic E-state index is 0.00748. The molecule has 0 aliphatic carbocycles. The van der Waals surface area contributed by atoms with Crippen LogP contribution in [0.1, 0.15) is 16.8 Å². The molecule has 0 radical (unpaired) electrons. The zero-order chi connectivity index (χ0) is 12.4. The van der Waals surface area contributed by atoms with Crippen LogP contribution in [0.25, 0.3) is 0 Å². The third-order valence-corrected chi connectivity index (χ3v) is 3.99. The Bertz CT molecular complexity index is 433. The van der Waals surface area contributed by atoms with E-state index in [1.807, 2.05) is 7.05 Å². The molecule has 0 bridgehead atoms. The van der Waals surface area contributed by atoms with Crippen molar-refractivity contribution in [1.82, 2.24) is 10.2 Å². The molecule has 1 unspecified atom stereocenters. The van der Waals surface area contributed by atoms with Crippen LogP contribution >= 0.6 is 27.5 Å². The van der Waals surface area contributed by atoms with Crippen molar-refractivity contribution < 1.29 is 4.79 Å². The molecule has 1 N–H and O–H groups in total. The lowest BCUT2D eigenvalue weighted by Crippen LogP contribution is -2.38. The summed E-state index contributed by atoms with van der Waals surface area (Å²) in [6, 6.07) is 5.54. The Hall–Kier alpha value is -0.580. The van der Waals surface area contributed by atoms with Crippen molar-refractivity contribution in [1.29, 1.82) is 0 Å². The number of rotatable bonds is 2. The highest BCUT2D eigenvalue weighted by molar-refractivity contribution is 9.10. The Labute approximate surface area is 114 Å². The normalized spacial score (nSPS) is 19.4. The number of nitrogens with one attached hydrogen (secondary N) is 1. The summed E-state index contributed by atoms with van der Waals surface area (Å²) in [7, 11) is 1.84. The second-order valence-corrected chi connectivity index (χ2v) is 5.48. The van der Waals surface area contributed by atoms with Gasteiger partial charge in [0.1, 0.15) is 0 Å². The van der Waals surface area contributed by atoms with E-state index in [0.717, 1.165) is 24.0 Å². The van der Waals surface area contributed by atoms with Crippen LogP contribution in [0, 0.1) is 0 Å². The Morgan fingerprint density at radius 2 is 2.35 bits per heavy atom. The van der Waals surface area contributed by atoms with Crippen LogP contribution in [0.3, 0.4) is 0 Å². The van der Waals surface area contributed by atoms with E-state index >= 15 is 0 Å². The Kier molecular flexibility index (Phi) is 4.07. The first kappa shape index (κ1) is 12.9. The van der Waals surface area contributed by atoms with E-state index in [4.69, 9.17) is 11.6 Å². The van der Waals surface area contributed by atoms with Crippen LogP contribution in [0.4, 0.5) is 0 Å². The van der Waals surface area contributed by atoms with Gasteiger partial charge < -0.3 is 10.2 Å². The van der Waals surface area contributed by atoms with E-state index in [1.54, 1.807) is 23.1 Å². The molecule has 1 atom stereocenters. The van der Waals surface area contributed by atoms with Gasteiger partial charge in [0.05, 0.1) is 5.56 Å². The van der Waals surface area contributed by atoms with Crippen molar-refractivity contribution in [2.24, 2.45) is 0 Å². The van der Waals surface area contributed by atoms with Crippen molar-refractivity contribution in [3.05, 3.63) is 33.3 Å². The zero-order valence-electron chi connectivity index (χ0n) is 9.54. The molecule has 0 aromatic heterocycles. The number of nitrogens with zero attached hydrogens (tertiary/aromatic N) is 1. The molecule has 1 aliphatic heterocycles. The lowest BCUT2D eigenvalue weighted by Gasteiger charge is -2.24. The average Bonchev–Trinajstić information content (AvgIpc) is 2.84. The molecule has 0 saturated carbocycles. The fourth-order valence-corrected chi connectivity index (χ4v) is 2.58. The van der Waals surface area contributed by atoms with Gasteiger partial charge in [0, 0.05) is 29.1 Å². The van der Waals surface area contributed by atoms with Gasteiger partial charge in [-0.15, -0.1) is 0 Å². The molecule has 1 aromatic rings. The molecule has 1 heterocycles. The molecule has 2 rings (SSSR count). The maximum absolute atomic E-state index is 12.3. The zero-order valence-corrected chi connectivity index (χ0v) is 11.9. The highest BCUT2D eigenvalue weighted by atomic mass is 79.9. The molecular weight excluding hydrogens is 304 g/mol. The van der Waals surface area contributed by atoms with E-state index in [0.29, 0.717) is 10.6 Å². The minimum atomic E-state index is 0.00748. The van der Waals surface area contributed by atoms with Crippen molar-refractivity contribution in [2.45, 2.75) is 12.5 Å². The molecule has 1 saturated heterocycles. The molecule has 0 spiro atoms. The topological polar surface area (TPSA) is 32.3 Å². The first-order valence-electron chi connectivity index (χ1n) is 5.52. The number of hydrogen-bond acceptors (Lipinski definition) is 2. The van der Waals surface area contributed by atoms with Gasteiger partial charge in [-0.05, 0) is 47.1 Å². The molecular formula is C12H14BrClN2O. The summed E-state index contributed by atoms with van der Waals surface area (Å²) >= 11 is 9.31. The fourth-order valence-electron chi connectivity index (χ4n) is 1.99. The van der Waals surface area contributed by atoms with Crippen molar-refractivity contribution in [2.75, 3.05) is 20.1 Å². The highest BCUT2D eigenvalue weighted by Crippen LogP contribution is 2.23. The van der Waals surface area contributed by atoms with Gasteiger partial charge >= 0.3 is 0 Å². The van der Waals surface area contributed by atoms with Gasteiger partial charge in [0.25, 0.3) is 5.91 Å². The summed E-state index contributed by atoms with van der Waals surface area (Å²) in [5, 5.41) is 3.83. The number of amides is 1. The standard InChI is InChI=1S/C12H14BrClN2O/c1-16(9-4-5-15-7-9)12(17)10-6-8(14)2-3-11(10)13/h2-3,6,9,15H,4-5,7H2,1H3. The number of halogens is 2. The third kappa shape index (κ3) is 2.81. The molecule has 3 nitrogen and oxygen atoms in total. The van der Waals surface area contributed by atoms with Crippen LogP contribution in [0.15, 0.2) is 22.7 Å². The van der Waals surface area contributed by atoms with Crippen molar-refractivity contribution >= 4 is 33.4 Å². The highest BCUT2D eigenvalue weighted by Gasteiger charge is 2.25. The Morgan fingerprint density at radius 1 is 1.59 bits per heavy atom. The third-order valence-electron chi connectivity index (χ3n) is 3.06. The molecule has 17 heavy (non-hydrogen) atoms. The molecule has 1 amide bonds. The maximum atomic E-state index is 12.3. The van der Waals surface area contributed by atoms with Gasteiger partial charge in [0.2, 0.25) is 0 Å². The second kappa shape index (κ2) is 5.38. The van der Waals surface area contributed by atoms with Gasteiger partial charge in [-0.1, -0.05) is 11.6 Å². The van der Waals surface area contributed by atoms with E-state index in [9.17, 15) is 4.79 Å². The van der Waals surface area contributed by atoms with Crippen LogP contribution in [-0.2, 0) is 0 Å². The van der Waals surface area contributed by atoms with Crippen LogP contribution in [0.5, 0.6) is 0 Å². The van der Waals surface area contributed by atoms with Gasteiger partial charge in [0.15, 0.2) is 0 Å². The summed E-state index contributed by atoms with van der Waals surface area (Å²) in [5.74, 6) is 0.00748. The molecule has 1 fully saturated rings. The number of carbonyl (C=O) groups is 1. The van der Waals surface area contributed by atoms with E-state index < -0.39 is 0 Å². The van der Waals surface area contributed by atoms with Gasteiger partial charge in [-0.2, -0.15) is 0 Å². The summed E-state index contributed by atoms with van der Waals surface area (Å²) < 4.78 is 0.782. The predicted molar refractivity (Wildman–Crippen MR) is 72.5 cm³/mol. The first-order chi connectivity index (χ1) is 8.09. The van der Waals surface area contributed by atoms with Crippen LogP contribution < -0.4 is 5.32 Å². The summed E-state index contributed by atoms with van der Waals surface area (Å²) in [5.41, 5.74) is 0.617. The molecule has 5 heteroatoms. The number of hydrogen-bond donors (Lipinski definition) is 1. The average molecular weight is 318 g/mol.